The number of hydrogen-bond donors (Lipinski definition) is 3. The Morgan fingerprint density at radius 2 is 2.20 bits per heavy atom. The quantitative estimate of drug-likeness (QED) is 0.544. The number of nitrogens with zero attached hydrogens (tertiary/aromatic N) is 1. The van der Waals surface area contributed by atoms with Gasteiger partial charge in [-0.15, -0.1) is 0 Å². The number of amides is 1. The highest BCUT2D eigenvalue weighted by Crippen LogP contribution is 2.14. The maximum atomic E-state index is 12.0. The molecule has 1 amide bonds. The summed E-state index contributed by atoms with van der Waals surface area (Å²) in [6.07, 6.45) is 2.04. The number of nitriles is 1. The molecule has 1 rings (SSSR count). The Kier molecular flexibility index (Phi) is 6.27. The Bertz CT molecular complexity index is 528. The molecule has 0 aliphatic rings. The van der Waals surface area contributed by atoms with Gasteiger partial charge in [0, 0.05) is 17.9 Å². The lowest BCUT2D eigenvalue weighted by atomic mass is 10.2. The summed E-state index contributed by atoms with van der Waals surface area (Å²) in [5.41, 5.74) is 1.57. The molecule has 0 saturated heterocycles. The van der Waals surface area contributed by atoms with E-state index in [0.29, 0.717) is 12.1 Å². The number of aliphatic hydroxyl groups is 1. The maximum Gasteiger partial charge on any atom is 0.267 e. The number of aryl methyl sites for hydroxylation is 1. The van der Waals surface area contributed by atoms with Gasteiger partial charge in [0.1, 0.15) is 11.6 Å². The van der Waals surface area contributed by atoms with Crippen molar-refractivity contribution in [2.24, 2.45) is 0 Å². The van der Waals surface area contributed by atoms with E-state index in [0.717, 1.165) is 5.56 Å². The van der Waals surface area contributed by atoms with Crippen molar-refractivity contribution in [3.05, 3.63) is 41.6 Å². The van der Waals surface area contributed by atoms with Crippen molar-refractivity contribution in [2.75, 3.05) is 11.9 Å². The molecule has 0 bridgehead atoms. The summed E-state index contributed by atoms with van der Waals surface area (Å²) in [7, 11) is 0. The molecule has 0 saturated carbocycles. The van der Waals surface area contributed by atoms with Gasteiger partial charge in [0.15, 0.2) is 0 Å². The zero-order chi connectivity index (χ0) is 15.0. The third-order valence-electron chi connectivity index (χ3n) is 2.93. The number of rotatable bonds is 6. The van der Waals surface area contributed by atoms with Crippen molar-refractivity contribution in [1.82, 2.24) is 5.32 Å². The van der Waals surface area contributed by atoms with E-state index in [-0.39, 0.29) is 18.2 Å². The molecule has 1 unspecified atom stereocenters. The second-order valence-corrected chi connectivity index (χ2v) is 4.39. The predicted octanol–water partition coefficient (Wildman–Crippen LogP) is 1.70. The van der Waals surface area contributed by atoms with E-state index in [1.165, 1.54) is 6.20 Å². The minimum absolute atomic E-state index is 0.0276. The SMILES string of the molecule is CCC(CO)N/C=C(/C#N)C(=O)Nc1ccccc1C. The fraction of sp³-hybridized carbons (Fsp3) is 0.333. The van der Waals surface area contributed by atoms with Gasteiger partial charge in [-0.05, 0) is 25.0 Å². The van der Waals surface area contributed by atoms with Gasteiger partial charge in [-0.1, -0.05) is 25.1 Å². The summed E-state index contributed by atoms with van der Waals surface area (Å²) in [5.74, 6) is -0.470. The fourth-order valence-corrected chi connectivity index (χ4v) is 1.55. The molecular weight excluding hydrogens is 254 g/mol. The van der Waals surface area contributed by atoms with Crippen molar-refractivity contribution in [1.29, 1.82) is 5.26 Å². The third-order valence-corrected chi connectivity index (χ3v) is 2.93. The standard InChI is InChI=1S/C15H19N3O2/c1-3-13(10-19)17-9-12(8-16)15(20)18-14-7-5-4-6-11(14)2/h4-7,9,13,17,19H,3,10H2,1-2H3,(H,18,20)/b12-9-. The second-order valence-electron chi connectivity index (χ2n) is 4.39. The molecule has 5 heteroatoms. The second kappa shape index (κ2) is 7.97. The van der Waals surface area contributed by atoms with Crippen LogP contribution in [0.4, 0.5) is 5.69 Å². The largest absolute Gasteiger partial charge is 0.394 e. The van der Waals surface area contributed by atoms with Crippen LogP contribution in [0.25, 0.3) is 0 Å². The van der Waals surface area contributed by atoms with E-state index < -0.39 is 5.91 Å². The van der Waals surface area contributed by atoms with Crippen LogP contribution in [0.1, 0.15) is 18.9 Å². The highest BCUT2D eigenvalue weighted by atomic mass is 16.3. The first-order valence-corrected chi connectivity index (χ1v) is 6.46. The van der Waals surface area contributed by atoms with Gasteiger partial charge < -0.3 is 15.7 Å². The number of carbonyl (C=O) groups excluding carboxylic acids is 1. The van der Waals surface area contributed by atoms with Crippen molar-refractivity contribution in [3.8, 4) is 6.07 Å². The van der Waals surface area contributed by atoms with E-state index >= 15 is 0 Å². The predicted molar refractivity (Wildman–Crippen MR) is 77.8 cm³/mol. The average molecular weight is 273 g/mol. The number of benzene rings is 1. The van der Waals surface area contributed by atoms with Gasteiger partial charge in [-0.25, -0.2) is 0 Å². The molecule has 1 aromatic rings. The Labute approximate surface area is 118 Å². The lowest BCUT2D eigenvalue weighted by Crippen LogP contribution is -2.28. The Hall–Kier alpha value is -2.32. The first-order valence-electron chi connectivity index (χ1n) is 6.46. The van der Waals surface area contributed by atoms with Crippen LogP contribution in [-0.4, -0.2) is 23.7 Å². The van der Waals surface area contributed by atoms with Gasteiger partial charge in [0.05, 0.1) is 6.61 Å². The molecule has 106 valence electrons. The summed E-state index contributed by atoms with van der Waals surface area (Å²) >= 11 is 0. The van der Waals surface area contributed by atoms with Crippen LogP contribution in [0, 0.1) is 18.3 Å². The highest BCUT2D eigenvalue weighted by Gasteiger charge is 2.11. The molecule has 20 heavy (non-hydrogen) atoms. The number of para-hydroxylation sites is 1. The Balaban J connectivity index is 2.76. The van der Waals surface area contributed by atoms with Crippen LogP contribution in [0.15, 0.2) is 36.0 Å². The number of aliphatic hydroxyl groups excluding tert-OH is 1. The van der Waals surface area contributed by atoms with Gasteiger partial charge in [-0.2, -0.15) is 5.26 Å². The summed E-state index contributed by atoms with van der Waals surface area (Å²) in [6, 6.07) is 9.03. The molecule has 5 nitrogen and oxygen atoms in total. The van der Waals surface area contributed by atoms with E-state index in [9.17, 15) is 4.79 Å². The van der Waals surface area contributed by atoms with E-state index in [1.807, 2.05) is 38.1 Å². The monoisotopic (exact) mass is 273 g/mol. The lowest BCUT2D eigenvalue weighted by molar-refractivity contribution is -0.112. The lowest BCUT2D eigenvalue weighted by Gasteiger charge is -2.12. The zero-order valence-corrected chi connectivity index (χ0v) is 11.7. The topological polar surface area (TPSA) is 85.2 Å². The summed E-state index contributed by atoms with van der Waals surface area (Å²) in [4.78, 5) is 12.0. The number of nitrogens with one attached hydrogen (secondary N) is 2. The first-order chi connectivity index (χ1) is 9.62. The molecule has 0 aliphatic heterocycles. The minimum Gasteiger partial charge on any atom is -0.394 e. The van der Waals surface area contributed by atoms with Crippen LogP contribution >= 0.6 is 0 Å². The van der Waals surface area contributed by atoms with Gasteiger partial charge in [0.25, 0.3) is 5.91 Å². The molecule has 0 aromatic heterocycles. The van der Waals surface area contributed by atoms with Crippen LogP contribution < -0.4 is 10.6 Å². The van der Waals surface area contributed by atoms with Crippen LogP contribution in [0.5, 0.6) is 0 Å². The normalized spacial score (nSPS) is 12.4. The summed E-state index contributed by atoms with van der Waals surface area (Å²) in [5, 5.41) is 23.6. The molecule has 0 heterocycles. The van der Waals surface area contributed by atoms with Gasteiger partial charge in [0.2, 0.25) is 0 Å². The number of carbonyl (C=O) groups is 1. The molecule has 0 fully saturated rings. The molecule has 1 atom stereocenters. The molecule has 1 aromatic carbocycles. The Morgan fingerprint density at radius 1 is 1.50 bits per heavy atom. The molecule has 3 N–H and O–H groups in total. The molecular formula is C15H19N3O2. The summed E-state index contributed by atoms with van der Waals surface area (Å²) < 4.78 is 0. The van der Waals surface area contributed by atoms with Crippen LogP contribution in [0.2, 0.25) is 0 Å². The maximum absolute atomic E-state index is 12.0. The number of anilines is 1. The summed E-state index contributed by atoms with van der Waals surface area (Å²) in [6.45, 7) is 3.73. The highest BCUT2D eigenvalue weighted by molar-refractivity contribution is 6.06. The fourth-order valence-electron chi connectivity index (χ4n) is 1.55. The van der Waals surface area contributed by atoms with E-state index in [1.54, 1.807) is 6.07 Å². The van der Waals surface area contributed by atoms with Crippen LogP contribution in [0.3, 0.4) is 0 Å². The van der Waals surface area contributed by atoms with Crippen molar-refractivity contribution >= 4 is 11.6 Å². The molecule has 0 radical (unpaired) electrons. The van der Waals surface area contributed by atoms with Crippen molar-refractivity contribution in [2.45, 2.75) is 26.3 Å². The van der Waals surface area contributed by atoms with Crippen molar-refractivity contribution < 1.29 is 9.90 Å². The van der Waals surface area contributed by atoms with Gasteiger partial charge >= 0.3 is 0 Å². The number of hydrogen-bond acceptors (Lipinski definition) is 4. The van der Waals surface area contributed by atoms with Crippen molar-refractivity contribution in [3.63, 3.8) is 0 Å². The zero-order valence-electron chi connectivity index (χ0n) is 11.7. The average Bonchev–Trinajstić information content (AvgIpc) is 2.46. The first kappa shape index (κ1) is 15.7. The van der Waals surface area contributed by atoms with Crippen LogP contribution in [-0.2, 0) is 4.79 Å². The van der Waals surface area contributed by atoms with E-state index in [2.05, 4.69) is 10.6 Å². The minimum atomic E-state index is -0.470. The van der Waals surface area contributed by atoms with E-state index in [4.69, 9.17) is 10.4 Å². The van der Waals surface area contributed by atoms with Gasteiger partial charge in [-0.3, -0.25) is 4.79 Å². The third kappa shape index (κ3) is 4.41. The molecule has 0 aliphatic carbocycles. The Morgan fingerprint density at radius 3 is 2.75 bits per heavy atom. The molecule has 0 spiro atoms. The smallest absolute Gasteiger partial charge is 0.267 e.